The van der Waals surface area contributed by atoms with E-state index in [1.165, 1.54) is 0 Å². The molecule has 3 aliphatic rings. The maximum atomic E-state index is 13.4. The quantitative estimate of drug-likeness (QED) is 0.538. The van der Waals surface area contributed by atoms with E-state index in [4.69, 9.17) is 18.9 Å². The van der Waals surface area contributed by atoms with Gasteiger partial charge in [0.15, 0.2) is 18.2 Å². The molecule has 10 heteroatoms. The van der Waals surface area contributed by atoms with Crippen LogP contribution in [0.25, 0.3) is 0 Å². The van der Waals surface area contributed by atoms with Crippen LogP contribution >= 0.6 is 0 Å². The summed E-state index contributed by atoms with van der Waals surface area (Å²) in [6.45, 7) is 5.67. The monoisotopic (exact) mass is 545 g/mol. The summed E-state index contributed by atoms with van der Waals surface area (Å²) in [5.74, 6) is -1.25. The molecule has 0 aromatic carbocycles. The van der Waals surface area contributed by atoms with Crippen molar-refractivity contribution in [3.8, 4) is 0 Å². The summed E-state index contributed by atoms with van der Waals surface area (Å²) in [4.78, 5) is 45.1. The van der Waals surface area contributed by atoms with E-state index in [1.807, 2.05) is 19.1 Å². The van der Waals surface area contributed by atoms with Crippen molar-refractivity contribution >= 4 is 17.8 Å². The fourth-order valence-corrected chi connectivity index (χ4v) is 5.86. The standard InChI is InChI=1S/C29H43N3O7/c1-19-16-26(37-20(2)18-32(19)3)38-25-7-5-4-6-24(23(33)17-22-11-15-36-28(34)27(22)25)39-29(35)31-14-10-21-8-12-30-13-9-21/h8-9,12-13,19-20,22,24-27H,4-7,10-11,14-18H2,1-3H3,(H,31,35)/t19-,20-,22?,24?,25?,26-,27?/m0/s1. The third-order valence-electron chi connectivity index (χ3n) is 8.16. The lowest BCUT2D eigenvalue weighted by atomic mass is 9.77. The number of nitrogens with one attached hydrogen (secondary N) is 1. The van der Waals surface area contributed by atoms with Crippen LogP contribution in [-0.2, 0) is 35.0 Å². The van der Waals surface area contributed by atoms with Gasteiger partial charge in [-0.15, -0.1) is 0 Å². The lowest BCUT2D eigenvalue weighted by Crippen LogP contribution is -2.46. The second-order valence-corrected chi connectivity index (χ2v) is 11.2. The molecule has 39 heavy (non-hydrogen) atoms. The number of carbonyl (C=O) groups excluding carboxylic acids is 3. The minimum Gasteiger partial charge on any atom is -0.465 e. The minimum atomic E-state index is -0.829. The van der Waals surface area contributed by atoms with Gasteiger partial charge in [-0.25, -0.2) is 4.79 Å². The Morgan fingerprint density at radius 2 is 1.92 bits per heavy atom. The number of Topliss-reactive ketones (excluding diaryl/α,β-unsaturated/α-hetero) is 1. The van der Waals surface area contributed by atoms with Crippen molar-refractivity contribution in [3.63, 3.8) is 0 Å². The Morgan fingerprint density at radius 3 is 2.72 bits per heavy atom. The third kappa shape index (κ3) is 8.46. The van der Waals surface area contributed by atoms with E-state index in [9.17, 15) is 14.4 Å². The average Bonchev–Trinajstić information content (AvgIpc) is 3.01. The third-order valence-corrected chi connectivity index (χ3v) is 8.16. The number of carbonyl (C=O) groups is 3. The number of amides is 1. The van der Waals surface area contributed by atoms with Gasteiger partial charge in [0.1, 0.15) is 0 Å². The Morgan fingerprint density at radius 1 is 1.15 bits per heavy atom. The molecular formula is C29H43N3O7. The van der Waals surface area contributed by atoms with Gasteiger partial charge < -0.3 is 29.2 Å². The second kappa shape index (κ2) is 14.2. The lowest BCUT2D eigenvalue weighted by molar-refractivity contribution is -0.213. The maximum absolute atomic E-state index is 13.4. The van der Waals surface area contributed by atoms with Gasteiger partial charge in [-0.05, 0) is 76.6 Å². The number of fused-ring (bicyclic) bond motifs is 1. The van der Waals surface area contributed by atoms with Crippen LogP contribution in [0.15, 0.2) is 24.5 Å². The van der Waals surface area contributed by atoms with Crippen molar-refractivity contribution in [2.45, 2.75) is 95.9 Å². The molecule has 1 aromatic rings. The van der Waals surface area contributed by atoms with Gasteiger partial charge in [0, 0.05) is 44.4 Å². The molecular weight excluding hydrogens is 502 g/mol. The van der Waals surface area contributed by atoms with Crippen molar-refractivity contribution in [1.29, 1.82) is 0 Å². The van der Waals surface area contributed by atoms with Crippen LogP contribution < -0.4 is 5.32 Å². The molecule has 7 atom stereocenters. The van der Waals surface area contributed by atoms with E-state index in [0.29, 0.717) is 45.1 Å². The molecule has 1 saturated carbocycles. The highest BCUT2D eigenvalue weighted by Gasteiger charge is 2.44. The zero-order valence-corrected chi connectivity index (χ0v) is 23.4. The Labute approximate surface area is 231 Å². The first-order valence-electron chi connectivity index (χ1n) is 14.3. The zero-order chi connectivity index (χ0) is 27.8. The number of nitrogens with zero attached hydrogens (tertiary/aromatic N) is 2. The van der Waals surface area contributed by atoms with Crippen LogP contribution in [0.3, 0.4) is 0 Å². The highest BCUT2D eigenvalue weighted by atomic mass is 16.7. The van der Waals surface area contributed by atoms with Crippen LogP contribution in [-0.4, -0.2) is 85.1 Å². The Kier molecular flexibility index (Phi) is 10.7. The minimum absolute atomic E-state index is 0.00826. The summed E-state index contributed by atoms with van der Waals surface area (Å²) < 4.78 is 23.7. The van der Waals surface area contributed by atoms with E-state index in [2.05, 4.69) is 29.2 Å². The zero-order valence-electron chi connectivity index (χ0n) is 23.4. The van der Waals surface area contributed by atoms with Crippen LogP contribution in [0.5, 0.6) is 0 Å². The number of alkyl carbamates (subject to hydrolysis) is 1. The Bertz CT molecular complexity index is 961. The fraction of sp³-hybridized carbons (Fsp3) is 0.724. The number of hydrogen-bond donors (Lipinski definition) is 1. The number of pyridine rings is 1. The predicted molar refractivity (Wildman–Crippen MR) is 143 cm³/mol. The van der Waals surface area contributed by atoms with Crippen molar-refractivity contribution in [3.05, 3.63) is 30.1 Å². The molecule has 2 aliphatic heterocycles. The van der Waals surface area contributed by atoms with Gasteiger partial charge in [0.25, 0.3) is 0 Å². The smallest absolute Gasteiger partial charge is 0.407 e. The summed E-state index contributed by atoms with van der Waals surface area (Å²) in [6, 6.07) is 4.06. The summed E-state index contributed by atoms with van der Waals surface area (Å²) in [5, 5.41) is 2.75. The molecule has 0 radical (unpaired) electrons. The molecule has 0 bridgehead atoms. The van der Waals surface area contributed by atoms with Gasteiger partial charge in [0.05, 0.1) is 24.7 Å². The van der Waals surface area contributed by atoms with E-state index in [-0.39, 0.29) is 42.8 Å². The van der Waals surface area contributed by atoms with Gasteiger partial charge in [0.2, 0.25) is 0 Å². The average molecular weight is 546 g/mol. The van der Waals surface area contributed by atoms with Gasteiger partial charge in [-0.2, -0.15) is 0 Å². The molecule has 216 valence electrons. The summed E-state index contributed by atoms with van der Waals surface area (Å²) in [6.07, 6.45) is 5.75. The van der Waals surface area contributed by atoms with E-state index >= 15 is 0 Å². The van der Waals surface area contributed by atoms with Gasteiger partial charge in [-0.1, -0.05) is 6.42 Å². The molecule has 1 N–H and O–H groups in total. The van der Waals surface area contributed by atoms with Crippen LogP contribution in [0.2, 0.25) is 0 Å². The topological polar surface area (TPSA) is 116 Å². The predicted octanol–water partition coefficient (Wildman–Crippen LogP) is 3.27. The number of aromatic nitrogens is 1. The highest BCUT2D eigenvalue weighted by molar-refractivity contribution is 5.86. The molecule has 4 unspecified atom stereocenters. The van der Waals surface area contributed by atoms with Crippen LogP contribution in [0.1, 0.15) is 64.4 Å². The Hall–Kier alpha value is -2.56. The van der Waals surface area contributed by atoms with Crippen molar-refractivity contribution in [2.24, 2.45) is 11.8 Å². The molecule has 10 nitrogen and oxygen atoms in total. The molecule has 2 saturated heterocycles. The van der Waals surface area contributed by atoms with E-state index in [1.54, 1.807) is 12.4 Å². The maximum Gasteiger partial charge on any atom is 0.407 e. The first-order chi connectivity index (χ1) is 18.8. The summed E-state index contributed by atoms with van der Waals surface area (Å²) in [5.41, 5.74) is 1.05. The molecule has 0 spiro atoms. The van der Waals surface area contributed by atoms with E-state index < -0.39 is 30.5 Å². The van der Waals surface area contributed by atoms with Crippen LogP contribution in [0.4, 0.5) is 4.79 Å². The molecule has 1 amide bonds. The number of hydrogen-bond acceptors (Lipinski definition) is 9. The first-order valence-corrected chi connectivity index (χ1v) is 14.3. The second-order valence-electron chi connectivity index (χ2n) is 11.2. The van der Waals surface area contributed by atoms with Gasteiger partial charge in [-0.3, -0.25) is 14.6 Å². The van der Waals surface area contributed by atoms with Crippen molar-refractivity contribution in [1.82, 2.24) is 15.2 Å². The van der Waals surface area contributed by atoms with Crippen LogP contribution in [0, 0.1) is 11.8 Å². The van der Waals surface area contributed by atoms with Crippen molar-refractivity contribution in [2.75, 3.05) is 26.7 Å². The molecule has 1 aliphatic carbocycles. The molecule has 1 aromatic heterocycles. The first kappa shape index (κ1) is 29.4. The number of esters is 1. The number of ether oxygens (including phenoxy) is 4. The number of cyclic esters (lactones) is 1. The SMILES string of the molecule is C[C@H]1CN(C)[C@@H](C)C[C@H](OC2CCCCC(OC(=O)NCCc3ccncc3)C(=O)CC3CCOC(=O)C32)O1. The van der Waals surface area contributed by atoms with E-state index in [0.717, 1.165) is 18.5 Å². The molecule has 3 heterocycles. The lowest BCUT2D eigenvalue weighted by Gasteiger charge is -2.38. The number of likely N-dealkylation sites (N-methyl/N-ethyl adjacent to an activating group) is 1. The number of ketones is 1. The largest absolute Gasteiger partial charge is 0.465 e. The number of rotatable bonds is 6. The highest BCUT2D eigenvalue weighted by Crippen LogP contribution is 2.36. The fourth-order valence-electron chi connectivity index (χ4n) is 5.86. The van der Waals surface area contributed by atoms with Crippen molar-refractivity contribution < 1.29 is 33.3 Å². The summed E-state index contributed by atoms with van der Waals surface area (Å²) in [7, 11) is 2.08. The molecule has 4 rings (SSSR count). The van der Waals surface area contributed by atoms with Gasteiger partial charge >= 0.3 is 12.1 Å². The summed E-state index contributed by atoms with van der Waals surface area (Å²) >= 11 is 0. The molecule has 3 fully saturated rings. The Balaban J connectivity index is 1.38. The normalized spacial score (nSPS) is 32.8.